The fraction of sp³-hybridized carbons (Fsp3) is 0.615. The van der Waals surface area contributed by atoms with Crippen molar-refractivity contribution in [1.29, 1.82) is 0 Å². The maximum absolute atomic E-state index is 12.2. The minimum atomic E-state index is -0.184. The molecule has 0 aromatic carbocycles. The van der Waals surface area contributed by atoms with Gasteiger partial charge in [0.2, 0.25) is 5.91 Å². The van der Waals surface area contributed by atoms with Crippen molar-refractivity contribution in [2.24, 2.45) is 5.92 Å². The van der Waals surface area contributed by atoms with Crippen LogP contribution in [0.3, 0.4) is 0 Å². The highest BCUT2D eigenvalue weighted by molar-refractivity contribution is 7.13. The maximum atomic E-state index is 12.2. The Kier molecular flexibility index (Phi) is 5.94. The number of nitrogens with zero attached hydrogens (tertiary/aromatic N) is 2. The molecule has 0 radical (unpaired) electrons. The lowest BCUT2D eigenvalue weighted by Gasteiger charge is -2.31. The summed E-state index contributed by atoms with van der Waals surface area (Å²) in [5, 5.41) is 7.98. The number of ether oxygens (including phenoxy) is 1. The minimum absolute atomic E-state index is 0.0701. The first kappa shape index (κ1) is 15.7. The normalized spacial score (nSPS) is 18.3. The summed E-state index contributed by atoms with van der Waals surface area (Å²) in [5.41, 5.74) is 0. The van der Waals surface area contributed by atoms with Crippen molar-refractivity contribution in [2.45, 2.75) is 12.8 Å². The average molecular weight is 312 g/mol. The van der Waals surface area contributed by atoms with E-state index in [-0.39, 0.29) is 17.9 Å². The minimum Gasteiger partial charge on any atom is -0.383 e. The van der Waals surface area contributed by atoms with Crippen LogP contribution in [-0.4, -0.2) is 55.2 Å². The van der Waals surface area contributed by atoms with Gasteiger partial charge in [0, 0.05) is 38.3 Å². The van der Waals surface area contributed by atoms with Gasteiger partial charge in [-0.05, 0) is 12.8 Å². The van der Waals surface area contributed by atoms with Gasteiger partial charge in [0.25, 0.3) is 0 Å². The van der Waals surface area contributed by atoms with E-state index in [1.165, 1.54) is 11.3 Å². The topological polar surface area (TPSA) is 83.6 Å². The predicted molar refractivity (Wildman–Crippen MR) is 80.3 cm³/mol. The van der Waals surface area contributed by atoms with Crippen molar-refractivity contribution in [3.8, 4) is 0 Å². The molecule has 7 nitrogen and oxygen atoms in total. The van der Waals surface area contributed by atoms with E-state index in [9.17, 15) is 9.59 Å². The summed E-state index contributed by atoms with van der Waals surface area (Å²) in [6.45, 7) is 2.07. The SMILES string of the molecule is COCCNC(=O)N1CCC[C@@H](C(=O)Nc2nccs2)C1. The lowest BCUT2D eigenvalue weighted by atomic mass is 9.97. The molecule has 1 aromatic rings. The predicted octanol–water partition coefficient (Wildman–Crippen LogP) is 1.15. The van der Waals surface area contributed by atoms with E-state index in [0.717, 1.165) is 12.8 Å². The number of piperidine rings is 1. The maximum Gasteiger partial charge on any atom is 0.317 e. The number of hydrogen-bond acceptors (Lipinski definition) is 5. The molecule has 116 valence electrons. The smallest absolute Gasteiger partial charge is 0.317 e. The highest BCUT2D eigenvalue weighted by Gasteiger charge is 2.28. The number of anilines is 1. The fourth-order valence-electron chi connectivity index (χ4n) is 2.24. The Morgan fingerprint density at radius 2 is 2.43 bits per heavy atom. The Balaban J connectivity index is 1.82. The number of urea groups is 1. The van der Waals surface area contributed by atoms with Crippen LogP contribution in [0.4, 0.5) is 9.93 Å². The van der Waals surface area contributed by atoms with Gasteiger partial charge < -0.3 is 20.3 Å². The lowest BCUT2D eigenvalue weighted by molar-refractivity contribution is -0.121. The number of aromatic nitrogens is 1. The number of carbonyl (C=O) groups is 2. The largest absolute Gasteiger partial charge is 0.383 e. The average Bonchev–Trinajstić information content (AvgIpc) is 3.00. The monoisotopic (exact) mass is 312 g/mol. The molecule has 1 aliphatic heterocycles. The number of carbonyl (C=O) groups excluding carboxylic acids is 2. The molecule has 1 atom stereocenters. The second-order valence-electron chi connectivity index (χ2n) is 4.84. The molecule has 0 aliphatic carbocycles. The third-order valence-corrected chi connectivity index (χ3v) is 4.01. The molecular weight excluding hydrogens is 292 g/mol. The Hall–Kier alpha value is -1.67. The molecule has 0 bridgehead atoms. The third-order valence-electron chi connectivity index (χ3n) is 3.32. The Bertz CT molecular complexity index is 466. The van der Waals surface area contributed by atoms with Crippen molar-refractivity contribution >= 4 is 28.4 Å². The van der Waals surface area contributed by atoms with Crippen LogP contribution in [0.25, 0.3) is 0 Å². The van der Waals surface area contributed by atoms with Crippen molar-refractivity contribution < 1.29 is 14.3 Å². The van der Waals surface area contributed by atoms with E-state index in [1.807, 2.05) is 5.38 Å². The second kappa shape index (κ2) is 7.94. The standard InChI is InChI=1S/C13H20N4O3S/c1-20-7-4-15-13(19)17-6-2-3-10(9-17)11(18)16-12-14-5-8-21-12/h5,8,10H,2-4,6-7,9H2,1H3,(H,15,19)(H,14,16,18)/t10-/m1/s1. The summed E-state index contributed by atoms with van der Waals surface area (Å²) in [5.74, 6) is -0.254. The molecule has 21 heavy (non-hydrogen) atoms. The van der Waals surface area contributed by atoms with Crippen LogP contribution in [0, 0.1) is 5.92 Å². The summed E-state index contributed by atoms with van der Waals surface area (Å²) in [7, 11) is 1.59. The number of methoxy groups -OCH3 is 1. The van der Waals surface area contributed by atoms with Crippen molar-refractivity contribution in [1.82, 2.24) is 15.2 Å². The van der Waals surface area contributed by atoms with Crippen molar-refractivity contribution in [3.05, 3.63) is 11.6 Å². The third kappa shape index (κ3) is 4.68. The quantitative estimate of drug-likeness (QED) is 0.799. The molecule has 0 spiro atoms. The molecule has 2 heterocycles. The molecule has 1 saturated heterocycles. The first-order chi connectivity index (χ1) is 10.2. The molecule has 3 amide bonds. The Morgan fingerprint density at radius 1 is 1.57 bits per heavy atom. The van der Waals surface area contributed by atoms with Crippen LogP contribution >= 0.6 is 11.3 Å². The van der Waals surface area contributed by atoms with Gasteiger partial charge in [-0.1, -0.05) is 0 Å². The zero-order chi connectivity index (χ0) is 15.1. The Morgan fingerprint density at radius 3 is 3.14 bits per heavy atom. The van der Waals surface area contributed by atoms with E-state index < -0.39 is 0 Å². The van der Waals surface area contributed by atoms with E-state index in [1.54, 1.807) is 18.2 Å². The van der Waals surface area contributed by atoms with Crippen molar-refractivity contribution in [2.75, 3.05) is 38.7 Å². The van der Waals surface area contributed by atoms with Crippen LogP contribution < -0.4 is 10.6 Å². The van der Waals surface area contributed by atoms with Crippen LogP contribution in [0.1, 0.15) is 12.8 Å². The zero-order valence-corrected chi connectivity index (χ0v) is 12.8. The summed E-state index contributed by atoms with van der Waals surface area (Å²) in [6.07, 6.45) is 3.27. The van der Waals surface area contributed by atoms with Crippen LogP contribution in [0.2, 0.25) is 0 Å². The van der Waals surface area contributed by atoms with Crippen LogP contribution in [-0.2, 0) is 9.53 Å². The highest BCUT2D eigenvalue weighted by Crippen LogP contribution is 2.19. The summed E-state index contributed by atoms with van der Waals surface area (Å²) < 4.78 is 4.89. The second-order valence-corrected chi connectivity index (χ2v) is 5.73. The molecule has 1 aromatic heterocycles. The molecule has 1 aliphatic rings. The molecular formula is C13H20N4O3S. The zero-order valence-electron chi connectivity index (χ0n) is 12.0. The van der Waals surface area contributed by atoms with E-state index in [4.69, 9.17) is 4.74 Å². The highest BCUT2D eigenvalue weighted by atomic mass is 32.1. The number of amides is 3. The molecule has 8 heteroatoms. The molecule has 0 saturated carbocycles. The van der Waals surface area contributed by atoms with Gasteiger partial charge >= 0.3 is 6.03 Å². The number of rotatable bonds is 5. The van der Waals surface area contributed by atoms with E-state index >= 15 is 0 Å². The van der Waals surface area contributed by atoms with Gasteiger partial charge in [0.1, 0.15) is 0 Å². The van der Waals surface area contributed by atoms with Gasteiger partial charge in [0.05, 0.1) is 12.5 Å². The van der Waals surface area contributed by atoms with Crippen LogP contribution in [0.15, 0.2) is 11.6 Å². The molecule has 2 rings (SSSR count). The van der Waals surface area contributed by atoms with Gasteiger partial charge in [-0.15, -0.1) is 11.3 Å². The lowest BCUT2D eigenvalue weighted by Crippen LogP contribution is -2.48. The number of hydrogen-bond donors (Lipinski definition) is 2. The summed E-state index contributed by atoms with van der Waals surface area (Å²) in [4.78, 5) is 29.9. The number of nitrogens with one attached hydrogen (secondary N) is 2. The van der Waals surface area contributed by atoms with E-state index in [0.29, 0.717) is 31.4 Å². The van der Waals surface area contributed by atoms with Gasteiger partial charge in [-0.3, -0.25) is 4.79 Å². The number of likely N-dealkylation sites (tertiary alicyclic amines) is 1. The van der Waals surface area contributed by atoms with Gasteiger partial charge in [0.15, 0.2) is 5.13 Å². The van der Waals surface area contributed by atoms with Crippen molar-refractivity contribution in [3.63, 3.8) is 0 Å². The first-order valence-electron chi connectivity index (χ1n) is 6.92. The van der Waals surface area contributed by atoms with Gasteiger partial charge in [-0.25, -0.2) is 9.78 Å². The first-order valence-corrected chi connectivity index (χ1v) is 7.80. The van der Waals surface area contributed by atoms with E-state index in [2.05, 4.69) is 15.6 Å². The van der Waals surface area contributed by atoms with Gasteiger partial charge in [-0.2, -0.15) is 0 Å². The summed E-state index contributed by atoms with van der Waals surface area (Å²) in [6, 6.07) is -0.140. The van der Waals surface area contributed by atoms with Crippen LogP contribution in [0.5, 0.6) is 0 Å². The number of thiazole rings is 1. The molecule has 2 N–H and O–H groups in total. The summed E-state index contributed by atoms with van der Waals surface area (Å²) >= 11 is 1.39. The Labute approximate surface area is 127 Å². The molecule has 0 unspecified atom stereocenters. The molecule has 1 fully saturated rings. The fourth-order valence-corrected chi connectivity index (χ4v) is 2.77.